The first-order valence-electron chi connectivity index (χ1n) is 5.18. The molecule has 1 saturated heterocycles. The van der Waals surface area contributed by atoms with Crippen LogP contribution in [0.4, 0.5) is 5.69 Å². The number of benzene rings is 1. The van der Waals surface area contributed by atoms with E-state index in [2.05, 4.69) is 10.6 Å². The third kappa shape index (κ3) is 2.77. The largest absolute Gasteiger partial charge is 0.381 e. The smallest absolute Gasteiger partial charge is 0.0719 e. The van der Waals surface area contributed by atoms with Crippen LogP contribution in [-0.4, -0.2) is 19.1 Å². The van der Waals surface area contributed by atoms with E-state index in [1.165, 1.54) is 12.8 Å². The Morgan fingerprint density at radius 2 is 2.07 bits per heavy atom. The first-order valence-corrected chi connectivity index (χ1v) is 5.94. The maximum Gasteiger partial charge on any atom is 0.0719 e. The number of rotatable bonds is 3. The Kier molecular flexibility index (Phi) is 3.73. The van der Waals surface area contributed by atoms with Crippen LogP contribution < -0.4 is 10.6 Å². The van der Waals surface area contributed by atoms with Crippen LogP contribution in [-0.2, 0) is 0 Å². The van der Waals surface area contributed by atoms with E-state index in [0.29, 0.717) is 16.1 Å². The summed E-state index contributed by atoms with van der Waals surface area (Å²) in [5.74, 6) is 0. The van der Waals surface area contributed by atoms with Gasteiger partial charge in [-0.05, 0) is 31.5 Å². The van der Waals surface area contributed by atoms with E-state index in [1.54, 1.807) is 0 Å². The summed E-state index contributed by atoms with van der Waals surface area (Å²) in [6.45, 7) is 1.99. The molecule has 0 aromatic heterocycles. The van der Waals surface area contributed by atoms with E-state index in [0.717, 1.165) is 18.8 Å². The molecule has 4 heteroatoms. The molecular formula is C11H14Cl2N2. The Morgan fingerprint density at radius 1 is 1.33 bits per heavy atom. The SMILES string of the molecule is Clc1cccc(Cl)c1NCC1CCCN1. The zero-order chi connectivity index (χ0) is 10.7. The third-order valence-electron chi connectivity index (χ3n) is 2.65. The van der Waals surface area contributed by atoms with Crippen molar-refractivity contribution >= 4 is 28.9 Å². The fourth-order valence-corrected chi connectivity index (χ4v) is 2.35. The molecule has 82 valence electrons. The van der Waals surface area contributed by atoms with Gasteiger partial charge < -0.3 is 10.6 Å². The van der Waals surface area contributed by atoms with Crippen molar-refractivity contribution in [2.45, 2.75) is 18.9 Å². The first-order chi connectivity index (χ1) is 7.27. The molecule has 0 saturated carbocycles. The van der Waals surface area contributed by atoms with Gasteiger partial charge in [0.1, 0.15) is 0 Å². The highest BCUT2D eigenvalue weighted by Crippen LogP contribution is 2.29. The fraction of sp³-hybridized carbons (Fsp3) is 0.455. The number of hydrogen-bond donors (Lipinski definition) is 2. The molecule has 15 heavy (non-hydrogen) atoms. The average molecular weight is 245 g/mol. The van der Waals surface area contributed by atoms with Gasteiger partial charge in [0, 0.05) is 12.6 Å². The van der Waals surface area contributed by atoms with Gasteiger partial charge in [-0.15, -0.1) is 0 Å². The lowest BCUT2D eigenvalue weighted by Crippen LogP contribution is -2.29. The van der Waals surface area contributed by atoms with Crippen molar-refractivity contribution in [1.29, 1.82) is 0 Å². The van der Waals surface area contributed by atoms with Crippen LogP contribution in [0.5, 0.6) is 0 Å². The topological polar surface area (TPSA) is 24.1 Å². The maximum absolute atomic E-state index is 6.05. The van der Waals surface area contributed by atoms with Gasteiger partial charge in [-0.1, -0.05) is 29.3 Å². The first kappa shape index (κ1) is 11.1. The lowest BCUT2D eigenvalue weighted by Gasteiger charge is -2.14. The molecule has 2 N–H and O–H groups in total. The normalized spacial score (nSPS) is 20.5. The van der Waals surface area contributed by atoms with Crippen molar-refractivity contribution in [3.05, 3.63) is 28.2 Å². The summed E-state index contributed by atoms with van der Waals surface area (Å²) in [6.07, 6.45) is 2.47. The van der Waals surface area contributed by atoms with Crippen molar-refractivity contribution in [2.24, 2.45) is 0 Å². The van der Waals surface area contributed by atoms with E-state index in [9.17, 15) is 0 Å². The second-order valence-corrected chi connectivity index (χ2v) is 4.59. The number of halogens is 2. The summed E-state index contributed by atoms with van der Waals surface area (Å²) in [5, 5.41) is 8.08. The Hall–Kier alpha value is -0.440. The fourth-order valence-electron chi connectivity index (χ4n) is 1.82. The molecule has 0 amide bonds. The van der Waals surface area contributed by atoms with Gasteiger partial charge in [0.15, 0.2) is 0 Å². The van der Waals surface area contributed by atoms with Crippen LogP contribution in [0.2, 0.25) is 10.0 Å². The van der Waals surface area contributed by atoms with Crippen LogP contribution in [0.3, 0.4) is 0 Å². The van der Waals surface area contributed by atoms with Crippen LogP contribution in [0.15, 0.2) is 18.2 Å². The van der Waals surface area contributed by atoms with Gasteiger partial charge in [-0.3, -0.25) is 0 Å². The van der Waals surface area contributed by atoms with Gasteiger partial charge in [-0.25, -0.2) is 0 Å². The summed E-state index contributed by atoms with van der Waals surface area (Å²) in [4.78, 5) is 0. The van der Waals surface area contributed by atoms with E-state index < -0.39 is 0 Å². The van der Waals surface area contributed by atoms with Gasteiger partial charge in [-0.2, -0.15) is 0 Å². The van der Waals surface area contributed by atoms with E-state index in [-0.39, 0.29) is 0 Å². The lowest BCUT2D eigenvalue weighted by molar-refractivity contribution is 0.633. The van der Waals surface area contributed by atoms with Crippen LogP contribution >= 0.6 is 23.2 Å². The molecule has 1 aliphatic heterocycles. The standard InChI is InChI=1S/C11H14Cl2N2/c12-9-4-1-5-10(13)11(9)15-7-8-3-2-6-14-8/h1,4-5,8,14-15H,2-3,6-7H2. The number of anilines is 1. The molecule has 0 radical (unpaired) electrons. The van der Waals surface area contributed by atoms with Crippen molar-refractivity contribution in [2.75, 3.05) is 18.4 Å². The molecule has 2 nitrogen and oxygen atoms in total. The van der Waals surface area contributed by atoms with Crippen molar-refractivity contribution in [3.8, 4) is 0 Å². The molecule has 0 bridgehead atoms. The van der Waals surface area contributed by atoms with Gasteiger partial charge in [0.25, 0.3) is 0 Å². The van der Waals surface area contributed by atoms with E-state index >= 15 is 0 Å². The number of para-hydroxylation sites is 1. The molecule has 2 rings (SSSR count). The van der Waals surface area contributed by atoms with Gasteiger partial charge in [0.2, 0.25) is 0 Å². The molecule has 1 heterocycles. The van der Waals surface area contributed by atoms with Crippen LogP contribution in [0.1, 0.15) is 12.8 Å². The van der Waals surface area contributed by atoms with Gasteiger partial charge >= 0.3 is 0 Å². The summed E-state index contributed by atoms with van der Waals surface area (Å²) in [6, 6.07) is 6.08. The highest BCUT2D eigenvalue weighted by Gasteiger charge is 2.14. The Morgan fingerprint density at radius 3 is 2.67 bits per heavy atom. The van der Waals surface area contributed by atoms with E-state index in [4.69, 9.17) is 23.2 Å². The Bertz CT molecular complexity index is 315. The number of nitrogens with one attached hydrogen (secondary N) is 2. The molecular weight excluding hydrogens is 231 g/mol. The highest BCUT2D eigenvalue weighted by atomic mass is 35.5. The zero-order valence-corrected chi connectivity index (χ0v) is 9.91. The minimum absolute atomic E-state index is 0.539. The molecule has 1 aromatic rings. The third-order valence-corrected chi connectivity index (χ3v) is 3.28. The molecule has 0 aliphatic carbocycles. The van der Waals surface area contributed by atoms with Crippen molar-refractivity contribution < 1.29 is 0 Å². The minimum Gasteiger partial charge on any atom is -0.381 e. The maximum atomic E-state index is 6.05. The zero-order valence-electron chi connectivity index (χ0n) is 8.39. The molecule has 1 fully saturated rings. The predicted octanol–water partition coefficient (Wildman–Crippen LogP) is 3.16. The quantitative estimate of drug-likeness (QED) is 0.854. The molecule has 1 atom stereocenters. The second-order valence-electron chi connectivity index (χ2n) is 3.77. The number of hydrogen-bond acceptors (Lipinski definition) is 2. The molecule has 1 aliphatic rings. The van der Waals surface area contributed by atoms with Crippen molar-refractivity contribution in [1.82, 2.24) is 5.32 Å². The lowest BCUT2D eigenvalue weighted by atomic mass is 10.2. The molecule has 1 aromatic carbocycles. The Balaban J connectivity index is 1.97. The van der Waals surface area contributed by atoms with Crippen molar-refractivity contribution in [3.63, 3.8) is 0 Å². The van der Waals surface area contributed by atoms with Crippen LogP contribution in [0.25, 0.3) is 0 Å². The molecule has 0 spiro atoms. The van der Waals surface area contributed by atoms with Gasteiger partial charge in [0.05, 0.1) is 15.7 Å². The van der Waals surface area contributed by atoms with Crippen LogP contribution in [0, 0.1) is 0 Å². The monoisotopic (exact) mass is 244 g/mol. The highest BCUT2D eigenvalue weighted by molar-refractivity contribution is 6.39. The van der Waals surface area contributed by atoms with E-state index in [1.807, 2.05) is 18.2 Å². The minimum atomic E-state index is 0.539. The summed E-state index contributed by atoms with van der Waals surface area (Å²) < 4.78 is 0. The Labute approximate surface area is 100.0 Å². The summed E-state index contributed by atoms with van der Waals surface area (Å²) >= 11 is 12.1. The molecule has 1 unspecified atom stereocenters. The summed E-state index contributed by atoms with van der Waals surface area (Å²) in [5.41, 5.74) is 0.842. The average Bonchev–Trinajstić information content (AvgIpc) is 2.70. The summed E-state index contributed by atoms with van der Waals surface area (Å²) in [7, 11) is 0. The second kappa shape index (κ2) is 5.06. The predicted molar refractivity (Wildman–Crippen MR) is 66.0 cm³/mol.